The van der Waals surface area contributed by atoms with Crippen molar-refractivity contribution in [2.24, 2.45) is 0 Å². The number of hydrogen-bond donors (Lipinski definition) is 1. The fourth-order valence-corrected chi connectivity index (χ4v) is 3.02. The number of amides is 1. The monoisotopic (exact) mass is 335 g/mol. The van der Waals surface area contributed by atoms with Crippen molar-refractivity contribution in [1.29, 1.82) is 0 Å². The van der Waals surface area contributed by atoms with Crippen LogP contribution in [0.5, 0.6) is 0 Å². The lowest BCUT2D eigenvalue weighted by Gasteiger charge is -2.18. The van der Waals surface area contributed by atoms with Gasteiger partial charge < -0.3 is 10.1 Å². The minimum atomic E-state index is -0.279. The second-order valence-electron chi connectivity index (χ2n) is 4.66. The molecular formula is C17H18ClNO2S. The smallest absolute Gasteiger partial charge is 0.252 e. The summed E-state index contributed by atoms with van der Waals surface area (Å²) < 4.78 is 5.46. The first kappa shape index (κ1) is 16.9. The van der Waals surface area contributed by atoms with Crippen molar-refractivity contribution >= 4 is 29.3 Å². The normalized spacial score (nSPS) is 12.0. The topological polar surface area (TPSA) is 38.3 Å². The van der Waals surface area contributed by atoms with Gasteiger partial charge in [0.2, 0.25) is 0 Å². The molecule has 1 atom stereocenters. The summed E-state index contributed by atoms with van der Waals surface area (Å²) in [5, 5.41) is 3.55. The summed E-state index contributed by atoms with van der Waals surface area (Å²) in [5.74, 6) is -0.112. The van der Waals surface area contributed by atoms with Crippen LogP contribution in [0.15, 0.2) is 53.4 Å². The van der Waals surface area contributed by atoms with Gasteiger partial charge in [0.05, 0.1) is 5.56 Å². The van der Waals surface area contributed by atoms with Gasteiger partial charge in [0.1, 0.15) is 6.10 Å². The van der Waals surface area contributed by atoms with E-state index in [2.05, 4.69) is 5.32 Å². The highest BCUT2D eigenvalue weighted by molar-refractivity contribution is 7.98. The van der Waals surface area contributed by atoms with Crippen LogP contribution in [0, 0.1) is 0 Å². The highest BCUT2D eigenvalue weighted by Gasteiger charge is 2.16. The number of hydrogen-bond acceptors (Lipinski definition) is 3. The third-order valence-corrected chi connectivity index (χ3v) is 4.48. The average molecular weight is 336 g/mol. The van der Waals surface area contributed by atoms with Gasteiger partial charge in [-0.3, -0.25) is 4.79 Å². The van der Waals surface area contributed by atoms with E-state index in [4.69, 9.17) is 16.3 Å². The summed E-state index contributed by atoms with van der Waals surface area (Å²) in [6.45, 7) is 0.363. The van der Waals surface area contributed by atoms with Gasteiger partial charge in [-0.05, 0) is 24.5 Å². The van der Waals surface area contributed by atoms with E-state index < -0.39 is 0 Å². The molecule has 0 fully saturated rings. The van der Waals surface area contributed by atoms with Crippen LogP contribution in [0.25, 0.3) is 0 Å². The van der Waals surface area contributed by atoms with Crippen molar-refractivity contribution in [2.75, 3.05) is 19.9 Å². The molecular weight excluding hydrogens is 318 g/mol. The molecule has 1 amide bonds. The van der Waals surface area contributed by atoms with Crippen LogP contribution in [0.4, 0.5) is 0 Å². The molecule has 5 heteroatoms. The van der Waals surface area contributed by atoms with E-state index in [0.29, 0.717) is 17.1 Å². The summed E-state index contributed by atoms with van der Waals surface area (Å²) in [6, 6.07) is 15.0. The largest absolute Gasteiger partial charge is 0.375 e. The Balaban J connectivity index is 2.08. The Morgan fingerprint density at radius 1 is 1.23 bits per heavy atom. The number of benzene rings is 2. The number of ether oxygens (including phenoxy) is 1. The molecule has 0 aromatic heterocycles. The van der Waals surface area contributed by atoms with Gasteiger partial charge in [0.25, 0.3) is 5.91 Å². The Morgan fingerprint density at radius 3 is 2.59 bits per heavy atom. The SMILES string of the molecule is COC(CNC(=O)c1ccccc1SC)c1ccccc1Cl. The van der Waals surface area contributed by atoms with Crippen molar-refractivity contribution < 1.29 is 9.53 Å². The molecule has 0 saturated carbocycles. The number of carbonyl (C=O) groups is 1. The molecule has 0 saturated heterocycles. The van der Waals surface area contributed by atoms with Crippen LogP contribution in [0.3, 0.4) is 0 Å². The summed E-state index contributed by atoms with van der Waals surface area (Å²) in [7, 11) is 1.61. The fourth-order valence-electron chi connectivity index (χ4n) is 2.17. The lowest BCUT2D eigenvalue weighted by Crippen LogP contribution is -2.29. The van der Waals surface area contributed by atoms with Crippen LogP contribution >= 0.6 is 23.4 Å². The molecule has 1 unspecified atom stereocenters. The van der Waals surface area contributed by atoms with Crippen LogP contribution in [0.1, 0.15) is 22.0 Å². The quantitative estimate of drug-likeness (QED) is 0.805. The van der Waals surface area contributed by atoms with E-state index in [-0.39, 0.29) is 12.0 Å². The minimum absolute atomic E-state index is 0.112. The molecule has 0 heterocycles. The van der Waals surface area contributed by atoms with Crippen molar-refractivity contribution in [3.8, 4) is 0 Å². The molecule has 1 N–H and O–H groups in total. The molecule has 0 aliphatic rings. The first-order valence-corrected chi connectivity index (χ1v) is 8.46. The Labute approximate surface area is 140 Å². The average Bonchev–Trinajstić information content (AvgIpc) is 2.56. The van der Waals surface area contributed by atoms with Crippen molar-refractivity contribution in [3.05, 3.63) is 64.7 Å². The van der Waals surface area contributed by atoms with Gasteiger partial charge in [-0.1, -0.05) is 41.9 Å². The maximum atomic E-state index is 12.3. The molecule has 2 aromatic carbocycles. The van der Waals surface area contributed by atoms with Gasteiger partial charge in [-0.15, -0.1) is 11.8 Å². The zero-order chi connectivity index (χ0) is 15.9. The van der Waals surface area contributed by atoms with E-state index in [9.17, 15) is 4.79 Å². The highest BCUT2D eigenvalue weighted by atomic mass is 35.5. The van der Waals surface area contributed by atoms with Gasteiger partial charge in [0, 0.05) is 29.1 Å². The van der Waals surface area contributed by atoms with E-state index >= 15 is 0 Å². The van der Waals surface area contributed by atoms with Crippen LogP contribution in [0.2, 0.25) is 5.02 Å². The Morgan fingerprint density at radius 2 is 1.91 bits per heavy atom. The molecule has 2 rings (SSSR count). The molecule has 0 radical (unpaired) electrons. The standard InChI is InChI=1S/C17H18ClNO2S/c1-21-15(12-7-3-5-9-14(12)18)11-19-17(20)13-8-4-6-10-16(13)22-2/h3-10,15H,11H2,1-2H3,(H,19,20). The van der Waals surface area contributed by atoms with E-state index in [1.165, 1.54) is 0 Å². The van der Waals surface area contributed by atoms with Crippen molar-refractivity contribution in [2.45, 2.75) is 11.0 Å². The van der Waals surface area contributed by atoms with Gasteiger partial charge in [-0.25, -0.2) is 0 Å². The zero-order valence-corrected chi connectivity index (χ0v) is 14.1. The summed E-state index contributed by atoms with van der Waals surface area (Å²) in [5.41, 5.74) is 1.54. The molecule has 0 bridgehead atoms. The first-order valence-electron chi connectivity index (χ1n) is 6.85. The summed E-state index contributed by atoms with van der Waals surface area (Å²) in [6.07, 6.45) is 1.67. The lowest BCUT2D eigenvalue weighted by molar-refractivity contribution is 0.0826. The second-order valence-corrected chi connectivity index (χ2v) is 5.91. The number of thioether (sulfide) groups is 1. The molecule has 22 heavy (non-hydrogen) atoms. The first-order chi connectivity index (χ1) is 10.7. The third kappa shape index (κ3) is 4.03. The molecule has 0 spiro atoms. The third-order valence-electron chi connectivity index (χ3n) is 3.34. The summed E-state index contributed by atoms with van der Waals surface area (Å²) in [4.78, 5) is 13.3. The minimum Gasteiger partial charge on any atom is -0.375 e. The van der Waals surface area contributed by atoms with E-state index in [1.54, 1.807) is 18.9 Å². The molecule has 3 nitrogen and oxygen atoms in total. The predicted molar refractivity (Wildman–Crippen MR) is 91.8 cm³/mol. The Bertz CT molecular complexity index is 648. The molecule has 116 valence electrons. The number of halogens is 1. The van der Waals surface area contributed by atoms with Crippen molar-refractivity contribution in [3.63, 3.8) is 0 Å². The fraction of sp³-hybridized carbons (Fsp3) is 0.235. The zero-order valence-electron chi connectivity index (χ0n) is 12.5. The molecule has 2 aromatic rings. The maximum absolute atomic E-state index is 12.3. The molecule has 0 aliphatic heterocycles. The van der Waals surface area contributed by atoms with E-state index in [1.807, 2.05) is 54.8 Å². The number of nitrogens with one attached hydrogen (secondary N) is 1. The Hall–Kier alpha value is -1.49. The maximum Gasteiger partial charge on any atom is 0.252 e. The second kappa shape index (κ2) is 8.22. The van der Waals surface area contributed by atoms with Crippen LogP contribution in [-0.2, 0) is 4.74 Å². The van der Waals surface area contributed by atoms with Crippen molar-refractivity contribution in [1.82, 2.24) is 5.32 Å². The summed E-state index contributed by atoms with van der Waals surface area (Å²) >= 11 is 7.73. The number of methoxy groups -OCH3 is 1. The highest BCUT2D eigenvalue weighted by Crippen LogP contribution is 2.25. The number of carbonyl (C=O) groups excluding carboxylic acids is 1. The Kier molecular flexibility index (Phi) is 6.31. The molecule has 0 aliphatic carbocycles. The van der Waals surface area contributed by atoms with Crippen LogP contribution in [-0.4, -0.2) is 25.8 Å². The van der Waals surface area contributed by atoms with Gasteiger partial charge >= 0.3 is 0 Å². The predicted octanol–water partition coefficient (Wildman–Crippen LogP) is 4.18. The van der Waals surface area contributed by atoms with Gasteiger partial charge in [-0.2, -0.15) is 0 Å². The van der Waals surface area contributed by atoms with E-state index in [0.717, 1.165) is 10.5 Å². The van der Waals surface area contributed by atoms with Crippen LogP contribution < -0.4 is 5.32 Å². The van der Waals surface area contributed by atoms with Gasteiger partial charge in [0.15, 0.2) is 0 Å². The number of rotatable bonds is 6. The lowest BCUT2D eigenvalue weighted by atomic mass is 10.1.